The van der Waals surface area contributed by atoms with Crippen molar-refractivity contribution in [3.63, 3.8) is 0 Å². The monoisotopic (exact) mass is 384 g/mol. The molecule has 2 atom stereocenters. The molecule has 2 rings (SSSR count). The third kappa shape index (κ3) is 4.78. The number of rotatable bonds is 6. The van der Waals surface area contributed by atoms with Crippen molar-refractivity contribution < 1.29 is 17.6 Å². The second-order valence-electron chi connectivity index (χ2n) is 5.53. The summed E-state index contributed by atoms with van der Waals surface area (Å²) in [4.78, 5) is 11.8. The predicted octanol–water partition coefficient (Wildman–Crippen LogP) is 3.02. The van der Waals surface area contributed by atoms with Crippen molar-refractivity contribution in [2.45, 2.75) is 30.8 Å². The van der Waals surface area contributed by atoms with E-state index in [4.69, 9.17) is 11.6 Å². The lowest BCUT2D eigenvalue weighted by molar-refractivity contribution is -0.123. The third-order valence-corrected chi connectivity index (χ3v) is 5.50. The number of sulfonamides is 1. The molecule has 134 valence electrons. The number of amides is 1. The Morgan fingerprint density at radius 1 is 1.08 bits per heavy atom. The molecule has 2 aromatic rings. The van der Waals surface area contributed by atoms with Crippen molar-refractivity contribution >= 4 is 27.5 Å². The summed E-state index contributed by atoms with van der Waals surface area (Å²) < 4.78 is 40.3. The first-order valence-corrected chi connectivity index (χ1v) is 9.40. The van der Waals surface area contributed by atoms with Gasteiger partial charge in [0.1, 0.15) is 10.7 Å². The van der Waals surface area contributed by atoms with Crippen LogP contribution in [-0.2, 0) is 14.8 Å². The maximum atomic E-state index is 13.7. The Balaban J connectivity index is 2.08. The molecule has 0 bridgehead atoms. The van der Waals surface area contributed by atoms with Crippen LogP contribution in [0.3, 0.4) is 0 Å². The molecule has 0 spiro atoms. The van der Waals surface area contributed by atoms with Crippen LogP contribution < -0.4 is 10.0 Å². The highest BCUT2D eigenvalue weighted by atomic mass is 35.5. The molecule has 0 saturated carbocycles. The molecule has 0 aromatic heterocycles. The van der Waals surface area contributed by atoms with Crippen LogP contribution >= 0.6 is 11.6 Å². The number of halogens is 2. The van der Waals surface area contributed by atoms with Gasteiger partial charge in [-0.05, 0) is 37.6 Å². The van der Waals surface area contributed by atoms with Crippen LogP contribution in [0, 0.1) is 5.82 Å². The number of carbonyl (C=O) groups is 1. The lowest BCUT2D eigenvalue weighted by Gasteiger charge is -2.19. The van der Waals surface area contributed by atoms with Gasteiger partial charge in [-0.1, -0.05) is 41.9 Å². The molecule has 1 amide bonds. The van der Waals surface area contributed by atoms with Crippen LogP contribution in [0.1, 0.15) is 25.5 Å². The van der Waals surface area contributed by atoms with Crippen LogP contribution in [0.25, 0.3) is 0 Å². The van der Waals surface area contributed by atoms with Crippen LogP contribution in [0.5, 0.6) is 0 Å². The SMILES string of the molecule is CC(NC(=O)[C@H](C)NS(=O)(=O)c1ccccc1F)c1ccccc1Cl. The largest absolute Gasteiger partial charge is 0.348 e. The minimum Gasteiger partial charge on any atom is -0.348 e. The molecule has 8 heteroatoms. The van der Waals surface area contributed by atoms with Gasteiger partial charge in [-0.15, -0.1) is 0 Å². The molecule has 0 heterocycles. The van der Waals surface area contributed by atoms with E-state index in [0.717, 1.165) is 12.1 Å². The molecule has 0 aliphatic heterocycles. The van der Waals surface area contributed by atoms with Crippen molar-refractivity contribution in [3.05, 3.63) is 64.9 Å². The number of benzene rings is 2. The summed E-state index contributed by atoms with van der Waals surface area (Å²) in [5.74, 6) is -1.43. The van der Waals surface area contributed by atoms with Crippen molar-refractivity contribution in [1.29, 1.82) is 0 Å². The quantitative estimate of drug-likeness (QED) is 0.803. The molecule has 0 radical (unpaired) electrons. The van der Waals surface area contributed by atoms with Gasteiger partial charge < -0.3 is 5.32 Å². The molecule has 2 aromatic carbocycles. The standard InChI is InChI=1S/C17H18ClFN2O3S/c1-11(13-7-3-4-8-14(13)18)20-17(22)12(2)21-25(23,24)16-10-6-5-9-15(16)19/h3-12,21H,1-2H3,(H,20,22)/t11?,12-/m0/s1. The summed E-state index contributed by atoms with van der Waals surface area (Å²) in [5.41, 5.74) is 0.710. The van der Waals surface area contributed by atoms with Crippen molar-refractivity contribution in [3.8, 4) is 0 Å². The molecule has 0 aliphatic carbocycles. The first-order chi connectivity index (χ1) is 11.7. The van der Waals surface area contributed by atoms with Gasteiger partial charge in [0.15, 0.2) is 0 Å². The number of hydrogen-bond acceptors (Lipinski definition) is 3. The van der Waals surface area contributed by atoms with Gasteiger partial charge >= 0.3 is 0 Å². The zero-order valence-corrected chi connectivity index (χ0v) is 15.2. The molecule has 25 heavy (non-hydrogen) atoms. The Morgan fingerprint density at radius 3 is 2.32 bits per heavy atom. The Morgan fingerprint density at radius 2 is 1.68 bits per heavy atom. The van der Waals surface area contributed by atoms with Gasteiger partial charge in [-0.25, -0.2) is 12.8 Å². The number of carbonyl (C=O) groups excluding carboxylic acids is 1. The maximum absolute atomic E-state index is 13.7. The lowest BCUT2D eigenvalue weighted by atomic mass is 10.1. The molecule has 1 unspecified atom stereocenters. The topological polar surface area (TPSA) is 75.3 Å². The van der Waals surface area contributed by atoms with Crippen LogP contribution in [0.2, 0.25) is 5.02 Å². The third-order valence-electron chi connectivity index (χ3n) is 3.58. The molecular weight excluding hydrogens is 367 g/mol. The second kappa shape index (κ2) is 7.95. The van der Waals surface area contributed by atoms with Gasteiger partial charge in [-0.2, -0.15) is 4.72 Å². The van der Waals surface area contributed by atoms with Gasteiger partial charge in [-0.3, -0.25) is 4.79 Å². The summed E-state index contributed by atoms with van der Waals surface area (Å²) in [6, 6.07) is 10.5. The summed E-state index contributed by atoms with van der Waals surface area (Å²) in [6.45, 7) is 3.12. The zero-order chi connectivity index (χ0) is 18.6. The fourth-order valence-corrected chi connectivity index (χ4v) is 3.84. The minimum absolute atomic E-state index is 0.415. The lowest BCUT2D eigenvalue weighted by Crippen LogP contribution is -2.45. The predicted molar refractivity (Wildman–Crippen MR) is 94.2 cm³/mol. The van der Waals surface area contributed by atoms with Gasteiger partial charge in [0.05, 0.1) is 12.1 Å². The average molecular weight is 385 g/mol. The highest BCUT2D eigenvalue weighted by molar-refractivity contribution is 7.89. The van der Waals surface area contributed by atoms with E-state index in [1.54, 1.807) is 31.2 Å². The molecular formula is C17H18ClFN2O3S. The summed E-state index contributed by atoms with van der Waals surface area (Å²) in [6.07, 6.45) is 0. The van der Waals surface area contributed by atoms with E-state index < -0.39 is 38.7 Å². The van der Waals surface area contributed by atoms with E-state index in [9.17, 15) is 17.6 Å². The normalized spacial score (nSPS) is 13.9. The van der Waals surface area contributed by atoms with Crippen molar-refractivity contribution in [1.82, 2.24) is 10.0 Å². The van der Waals surface area contributed by atoms with E-state index in [2.05, 4.69) is 10.0 Å². The van der Waals surface area contributed by atoms with Gasteiger partial charge in [0, 0.05) is 5.02 Å². The van der Waals surface area contributed by atoms with E-state index >= 15 is 0 Å². The maximum Gasteiger partial charge on any atom is 0.244 e. The van der Waals surface area contributed by atoms with Gasteiger partial charge in [0.25, 0.3) is 0 Å². The summed E-state index contributed by atoms with van der Waals surface area (Å²) in [5, 5.41) is 3.18. The van der Waals surface area contributed by atoms with Crippen LogP contribution in [-0.4, -0.2) is 20.4 Å². The van der Waals surface area contributed by atoms with Crippen molar-refractivity contribution in [2.24, 2.45) is 0 Å². The highest BCUT2D eigenvalue weighted by Gasteiger charge is 2.25. The van der Waals surface area contributed by atoms with Crippen molar-refractivity contribution in [2.75, 3.05) is 0 Å². The second-order valence-corrected chi connectivity index (χ2v) is 7.61. The van der Waals surface area contributed by atoms with Crippen LogP contribution in [0.4, 0.5) is 4.39 Å². The molecule has 0 fully saturated rings. The van der Waals surface area contributed by atoms with Gasteiger partial charge in [0.2, 0.25) is 15.9 Å². The number of nitrogens with one attached hydrogen (secondary N) is 2. The molecule has 2 N–H and O–H groups in total. The molecule has 5 nitrogen and oxygen atoms in total. The average Bonchev–Trinajstić information content (AvgIpc) is 2.54. The van der Waals surface area contributed by atoms with E-state index in [-0.39, 0.29) is 0 Å². The summed E-state index contributed by atoms with van der Waals surface area (Å²) >= 11 is 6.08. The van der Waals surface area contributed by atoms with E-state index in [0.29, 0.717) is 10.6 Å². The first kappa shape index (κ1) is 19.4. The molecule has 0 saturated heterocycles. The van der Waals surface area contributed by atoms with Crippen LogP contribution in [0.15, 0.2) is 53.4 Å². The Hall–Kier alpha value is -1.96. The fraction of sp³-hybridized carbons (Fsp3) is 0.235. The smallest absolute Gasteiger partial charge is 0.244 e. The minimum atomic E-state index is -4.16. The Kier molecular flexibility index (Phi) is 6.16. The van der Waals surface area contributed by atoms with E-state index in [1.807, 2.05) is 0 Å². The fourth-order valence-electron chi connectivity index (χ4n) is 2.25. The first-order valence-electron chi connectivity index (χ1n) is 7.54. The highest BCUT2D eigenvalue weighted by Crippen LogP contribution is 2.22. The number of hydrogen-bond donors (Lipinski definition) is 2. The summed E-state index contributed by atoms with van der Waals surface area (Å²) in [7, 11) is -4.16. The Labute approximate surface area is 151 Å². The van der Waals surface area contributed by atoms with E-state index in [1.165, 1.54) is 19.1 Å². The molecule has 0 aliphatic rings. The Bertz CT molecular complexity index is 874. The zero-order valence-electron chi connectivity index (χ0n) is 13.7.